The smallest absolute Gasteiger partial charge is 0.350 e. The Bertz CT molecular complexity index is 383. The highest BCUT2D eigenvalue weighted by Crippen LogP contribution is 2.29. The molecule has 0 amide bonds. The van der Waals surface area contributed by atoms with Gasteiger partial charge >= 0.3 is 5.97 Å². The van der Waals surface area contributed by atoms with Crippen molar-refractivity contribution in [1.29, 1.82) is 0 Å². The lowest BCUT2D eigenvalue weighted by Gasteiger charge is -2.07. The molecule has 4 nitrogen and oxygen atoms in total. The molecule has 88 valence electrons. The van der Waals surface area contributed by atoms with Crippen LogP contribution in [0.25, 0.3) is 0 Å². The SMILES string of the molecule is CCOC(=O)c1sc(C)nc1C1CCNC1. The highest BCUT2D eigenvalue weighted by Gasteiger charge is 2.26. The maximum atomic E-state index is 11.8. The number of carbonyl (C=O) groups is 1. The Balaban J connectivity index is 2.25. The number of ether oxygens (including phenoxy) is 1. The van der Waals surface area contributed by atoms with Gasteiger partial charge in [-0.2, -0.15) is 0 Å². The minimum Gasteiger partial charge on any atom is -0.462 e. The Kier molecular flexibility index (Phi) is 3.56. The molecule has 1 aliphatic rings. The Labute approximate surface area is 99.0 Å². The molecule has 16 heavy (non-hydrogen) atoms. The monoisotopic (exact) mass is 240 g/mol. The minimum atomic E-state index is -0.227. The minimum absolute atomic E-state index is 0.227. The number of carbonyl (C=O) groups excluding carboxylic acids is 1. The van der Waals surface area contributed by atoms with E-state index in [2.05, 4.69) is 10.3 Å². The zero-order valence-corrected chi connectivity index (χ0v) is 10.4. The summed E-state index contributed by atoms with van der Waals surface area (Å²) >= 11 is 1.44. The fraction of sp³-hybridized carbons (Fsp3) is 0.636. The Morgan fingerprint density at radius 1 is 1.69 bits per heavy atom. The number of rotatable bonds is 3. The van der Waals surface area contributed by atoms with Gasteiger partial charge in [0, 0.05) is 12.5 Å². The molecule has 0 spiro atoms. The molecular weight excluding hydrogens is 224 g/mol. The van der Waals surface area contributed by atoms with Crippen molar-refractivity contribution in [2.45, 2.75) is 26.2 Å². The molecule has 1 aromatic rings. The topological polar surface area (TPSA) is 51.2 Å². The molecule has 1 aliphatic heterocycles. The first-order valence-electron chi connectivity index (χ1n) is 5.57. The summed E-state index contributed by atoms with van der Waals surface area (Å²) in [5.41, 5.74) is 0.922. The number of nitrogens with zero attached hydrogens (tertiary/aromatic N) is 1. The number of aryl methyl sites for hydroxylation is 1. The Morgan fingerprint density at radius 2 is 2.50 bits per heavy atom. The summed E-state index contributed by atoms with van der Waals surface area (Å²) in [4.78, 5) is 16.9. The van der Waals surface area contributed by atoms with Crippen molar-refractivity contribution >= 4 is 17.3 Å². The number of hydrogen-bond donors (Lipinski definition) is 1. The van der Waals surface area contributed by atoms with Crippen LogP contribution in [0.4, 0.5) is 0 Å². The summed E-state index contributed by atoms with van der Waals surface area (Å²) in [7, 11) is 0. The lowest BCUT2D eigenvalue weighted by atomic mass is 10.0. The second kappa shape index (κ2) is 4.93. The fourth-order valence-electron chi connectivity index (χ4n) is 1.95. The van der Waals surface area contributed by atoms with Gasteiger partial charge in [0.05, 0.1) is 17.3 Å². The van der Waals surface area contributed by atoms with Crippen molar-refractivity contribution in [1.82, 2.24) is 10.3 Å². The molecule has 1 N–H and O–H groups in total. The van der Waals surface area contributed by atoms with Gasteiger partial charge in [-0.25, -0.2) is 9.78 Å². The van der Waals surface area contributed by atoms with Crippen molar-refractivity contribution < 1.29 is 9.53 Å². The van der Waals surface area contributed by atoms with Crippen LogP contribution in [0.2, 0.25) is 0 Å². The quantitative estimate of drug-likeness (QED) is 0.817. The summed E-state index contributed by atoms with van der Waals surface area (Å²) in [6, 6.07) is 0. The molecule has 0 aromatic carbocycles. The van der Waals surface area contributed by atoms with Crippen LogP contribution >= 0.6 is 11.3 Å². The number of thiazole rings is 1. The molecule has 1 fully saturated rings. The number of aromatic nitrogens is 1. The fourth-order valence-corrected chi connectivity index (χ4v) is 2.85. The zero-order valence-electron chi connectivity index (χ0n) is 9.58. The van der Waals surface area contributed by atoms with Crippen LogP contribution in [0.5, 0.6) is 0 Å². The second-order valence-electron chi connectivity index (χ2n) is 3.86. The molecule has 0 saturated carbocycles. The van der Waals surface area contributed by atoms with E-state index >= 15 is 0 Å². The second-order valence-corrected chi connectivity index (χ2v) is 5.06. The summed E-state index contributed by atoms with van der Waals surface area (Å²) in [6.07, 6.45) is 1.05. The van der Waals surface area contributed by atoms with Crippen molar-refractivity contribution in [3.63, 3.8) is 0 Å². The molecule has 0 radical (unpaired) electrons. The third kappa shape index (κ3) is 2.25. The van der Waals surface area contributed by atoms with Crippen molar-refractivity contribution in [2.75, 3.05) is 19.7 Å². The molecule has 0 bridgehead atoms. The van der Waals surface area contributed by atoms with E-state index in [0.717, 1.165) is 30.2 Å². The van der Waals surface area contributed by atoms with Gasteiger partial charge < -0.3 is 10.1 Å². The average Bonchev–Trinajstić information content (AvgIpc) is 2.85. The maximum absolute atomic E-state index is 11.8. The first kappa shape index (κ1) is 11.5. The number of esters is 1. The van der Waals surface area contributed by atoms with Gasteiger partial charge in [0.1, 0.15) is 4.88 Å². The Morgan fingerprint density at radius 3 is 3.12 bits per heavy atom. The first-order valence-corrected chi connectivity index (χ1v) is 6.39. The van der Waals surface area contributed by atoms with Crippen LogP contribution in [0.1, 0.15) is 39.6 Å². The van der Waals surface area contributed by atoms with Gasteiger partial charge in [-0.1, -0.05) is 0 Å². The predicted octanol–water partition coefficient (Wildman–Crippen LogP) is 1.71. The van der Waals surface area contributed by atoms with Crippen LogP contribution < -0.4 is 5.32 Å². The number of hydrogen-bond acceptors (Lipinski definition) is 5. The van der Waals surface area contributed by atoms with E-state index in [0.29, 0.717) is 17.4 Å². The Hall–Kier alpha value is -0.940. The third-order valence-electron chi connectivity index (χ3n) is 2.67. The van der Waals surface area contributed by atoms with Crippen molar-refractivity contribution in [3.8, 4) is 0 Å². The summed E-state index contributed by atoms with van der Waals surface area (Å²) in [5, 5.41) is 4.23. The van der Waals surface area contributed by atoms with E-state index in [1.807, 2.05) is 13.8 Å². The van der Waals surface area contributed by atoms with Gasteiger partial charge in [-0.05, 0) is 26.8 Å². The van der Waals surface area contributed by atoms with Crippen molar-refractivity contribution in [3.05, 3.63) is 15.6 Å². The van der Waals surface area contributed by atoms with E-state index in [9.17, 15) is 4.79 Å². The van der Waals surface area contributed by atoms with Crippen LogP contribution in [-0.4, -0.2) is 30.6 Å². The lowest BCUT2D eigenvalue weighted by molar-refractivity contribution is 0.0530. The van der Waals surface area contributed by atoms with Gasteiger partial charge in [-0.3, -0.25) is 0 Å². The zero-order chi connectivity index (χ0) is 11.5. The largest absolute Gasteiger partial charge is 0.462 e. The normalized spacial score (nSPS) is 20.0. The van der Waals surface area contributed by atoms with E-state index in [1.54, 1.807) is 0 Å². The molecule has 1 atom stereocenters. The van der Waals surface area contributed by atoms with Gasteiger partial charge in [0.2, 0.25) is 0 Å². The van der Waals surface area contributed by atoms with Gasteiger partial charge in [0.15, 0.2) is 0 Å². The lowest BCUT2D eigenvalue weighted by Crippen LogP contribution is -2.12. The average molecular weight is 240 g/mol. The molecule has 5 heteroatoms. The first-order chi connectivity index (χ1) is 7.72. The van der Waals surface area contributed by atoms with Crippen LogP contribution in [0.3, 0.4) is 0 Å². The van der Waals surface area contributed by atoms with E-state index in [-0.39, 0.29) is 5.97 Å². The van der Waals surface area contributed by atoms with E-state index in [1.165, 1.54) is 11.3 Å². The molecule has 2 heterocycles. The van der Waals surface area contributed by atoms with Gasteiger partial charge in [-0.15, -0.1) is 11.3 Å². The maximum Gasteiger partial charge on any atom is 0.350 e. The predicted molar refractivity (Wildman–Crippen MR) is 63.0 cm³/mol. The molecule has 1 unspecified atom stereocenters. The highest BCUT2D eigenvalue weighted by molar-refractivity contribution is 7.13. The highest BCUT2D eigenvalue weighted by atomic mass is 32.1. The third-order valence-corrected chi connectivity index (χ3v) is 3.63. The molecule has 0 aliphatic carbocycles. The molecule has 1 aromatic heterocycles. The molecular formula is C11H16N2O2S. The van der Waals surface area contributed by atoms with E-state index in [4.69, 9.17) is 4.74 Å². The summed E-state index contributed by atoms with van der Waals surface area (Å²) < 4.78 is 5.05. The van der Waals surface area contributed by atoms with Gasteiger partial charge in [0.25, 0.3) is 0 Å². The van der Waals surface area contributed by atoms with Crippen LogP contribution in [-0.2, 0) is 4.74 Å². The molecule has 2 rings (SSSR count). The van der Waals surface area contributed by atoms with E-state index < -0.39 is 0 Å². The standard InChI is InChI=1S/C11H16N2O2S/c1-3-15-11(14)10-9(13-7(2)16-10)8-4-5-12-6-8/h8,12H,3-6H2,1-2H3. The number of nitrogens with one attached hydrogen (secondary N) is 1. The summed E-state index contributed by atoms with van der Waals surface area (Å²) in [6.45, 7) is 6.08. The van der Waals surface area contributed by atoms with Crippen LogP contribution in [0.15, 0.2) is 0 Å². The van der Waals surface area contributed by atoms with Crippen LogP contribution in [0, 0.1) is 6.92 Å². The summed E-state index contributed by atoms with van der Waals surface area (Å²) in [5.74, 6) is 0.138. The van der Waals surface area contributed by atoms with Crippen molar-refractivity contribution in [2.24, 2.45) is 0 Å². The molecule has 1 saturated heterocycles.